The molecule has 5 heteroatoms. The Labute approximate surface area is 114 Å². The molecule has 1 aliphatic rings. The maximum absolute atomic E-state index is 11.3. The fourth-order valence-electron chi connectivity index (χ4n) is 1.80. The van der Waals surface area contributed by atoms with Gasteiger partial charge in [0.15, 0.2) is 5.79 Å². The third-order valence-electron chi connectivity index (χ3n) is 2.72. The summed E-state index contributed by atoms with van der Waals surface area (Å²) in [7, 11) is 0. The van der Waals surface area contributed by atoms with Gasteiger partial charge in [0.1, 0.15) is 12.7 Å². The van der Waals surface area contributed by atoms with E-state index in [1.54, 1.807) is 6.92 Å². The van der Waals surface area contributed by atoms with Crippen LogP contribution < -0.4 is 0 Å². The zero-order valence-electron chi connectivity index (χ0n) is 12.2. The molecule has 0 aromatic rings. The van der Waals surface area contributed by atoms with Gasteiger partial charge in [-0.3, -0.25) is 4.79 Å². The molecule has 1 heterocycles. The summed E-state index contributed by atoms with van der Waals surface area (Å²) in [6.45, 7) is 8.82. The summed E-state index contributed by atoms with van der Waals surface area (Å²) in [5, 5.41) is 0. The maximum Gasteiger partial charge on any atom is 0.306 e. The van der Waals surface area contributed by atoms with Crippen molar-refractivity contribution in [1.29, 1.82) is 0 Å². The predicted octanol–water partition coefficient (Wildman–Crippen LogP) is 2.40. The topological polar surface area (TPSA) is 54.0 Å². The lowest BCUT2D eigenvalue weighted by atomic mass is 10.2. The Kier molecular flexibility index (Phi) is 6.31. The summed E-state index contributed by atoms with van der Waals surface area (Å²) in [6, 6.07) is 0. The molecule has 1 fully saturated rings. The van der Waals surface area contributed by atoms with Gasteiger partial charge in [-0.05, 0) is 33.8 Å². The molecule has 0 spiro atoms. The summed E-state index contributed by atoms with van der Waals surface area (Å²) < 4.78 is 21.6. The second-order valence-electron chi connectivity index (χ2n) is 4.82. The average molecular weight is 272 g/mol. The van der Waals surface area contributed by atoms with E-state index in [0.717, 1.165) is 5.76 Å². The van der Waals surface area contributed by atoms with Crippen LogP contribution in [0.25, 0.3) is 0 Å². The minimum Gasteiger partial charge on any atom is -0.495 e. The van der Waals surface area contributed by atoms with Gasteiger partial charge < -0.3 is 18.9 Å². The average Bonchev–Trinajstić information content (AvgIpc) is 2.69. The van der Waals surface area contributed by atoms with E-state index in [2.05, 4.69) is 0 Å². The van der Waals surface area contributed by atoms with E-state index >= 15 is 0 Å². The Bertz CT molecular complexity index is 322. The largest absolute Gasteiger partial charge is 0.495 e. The molecule has 0 amide bonds. The number of carbonyl (C=O) groups excluding carboxylic acids is 1. The Balaban J connectivity index is 2.24. The van der Waals surface area contributed by atoms with Gasteiger partial charge in [0.25, 0.3) is 0 Å². The van der Waals surface area contributed by atoms with Crippen molar-refractivity contribution in [1.82, 2.24) is 0 Å². The molecule has 19 heavy (non-hydrogen) atoms. The Morgan fingerprint density at radius 1 is 1.37 bits per heavy atom. The zero-order valence-corrected chi connectivity index (χ0v) is 12.2. The van der Waals surface area contributed by atoms with Crippen LogP contribution in [0, 0.1) is 0 Å². The molecule has 1 saturated heterocycles. The van der Waals surface area contributed by atoms with Crippen molar-refractivity contribution in [3.63, 3.8) is 0 Å². The van der Waals surface area contributed by atoms with E-state index in [4.69, 9.17) is 18.9 Å². The zero-order chi connectivity index (χ0) is 14.3. The molecule has 5 nitrogen and oxygen atoms in total. The predicted molar refractivity (Wildman–Crippen MR) is 70.5 cm³/mol. The number of carbonyl (C=O) groups is 1. The minimum atomic E-state index is -0.533. The molecule has 1 aliphatic heterocycles. The van der Waals surface area contributed by atoms with Crippen LogP contribution in [0.2, 0.25) is 0 Å². The molecule has 0 N–H and O–H groups in total. The second-order valence-corrected chi connectivity index (χ2v) is 4.82. The highest BCUT2D eigenvalue weighted by molar-refractivity contribution is 5.69. The van der Waals surface area contributed by atoms with Crippen LogP contribution in [0.5, 0.6) is 0 Å². The number of ether oxygens (including phenoxy) is 4. The van der Waals surface area contributed by atoms with Crippen molar-refractivity contribution in [3.8, 4) is 0 Å². The van der Waals surface area contributed by atoms with Crippen LogP contribution in [0.1, 0.15) is 40.5 Å². The summed E-state index contributed by atoms with van der Waals surface area (Å²) in [5.74, 6) is 0.0445. The Morgan fingerprint density at radius 2 is 2.11 bits per heavy atom. The highest BCUT2D eigenvalue weighted by Gasteiger charge is 2.33. The van der Waals surface area contributed by atoms with Crippen LogP contribution in [0.15, 0.2) is 11.8 Å². The van der Waals surface area contributed by atoms with Crippen molar-refractivity contribution in [3.05, 3.63) is 11.8 Å². The van der Waals surface area contributed by atoms with Crippen LogP contribution in [0.3, 0.4) is 0 Å². The van der Waals surface area contributed by atoms with Gasteiger partial charge in [-0.25, -0.2) is 0 Å². The number of hydrogen-bond donors (Lipinski definition) is 0. The molecule has 0 aromatic carbocycles. The monoisotopic (exact) mass is 272 g/mol. The normalized spacial score (nSPS) is 22.3. The first kappa shape index (κ1) is 16.0. The van der Waals surface area contributed by atoms with Crippen LogP contribution in [-0.4, -0.2) is 37.7 Å². The molecule has 0 radical (unpaired) electrons. The third kappa shape index (κ3) is 6.07. The third-order valence-corrected chi connectivity index (χ3v) is 2.72. The molecule has 1 rings (SSSR count). The maximum atomic E-state index is 11.3. The summed E-state index contributed by atoms with van der Waals surface area (Å²) >= 11 is 0. The van der Waals surface area contributed by atoms with E-state index in [9.17, 15) is 4.79 Å². The van der Waals surface area contributed by atoms with Crippen molar-refractivity contribution in [2.24, 2.45) is 0 Å². The number of allylic oxidation sites excluding steroid dienone is 2. The quantitative estimate of drug-likeness (QED) is 0.526. The van der Waals surface area contributed by atoms with Crippen LogP contribution in [-0.2, 0) is 23.7 Å². The Morgan fingerprint density at radius 3 is 2.63 bits per heavy atom. The SMILES string of the molecule is C/C=C(/CCC(=O)OCC)OCC1COC(C)(C)O1. The number of hydrogen-bond acceptors (Lipinski definition) is 5. The van der Waals surface area contributed by atoms with Gasteiger partial charge in [-0.15, -0.1) is 0 Å². The summed E-state index contributed by atoms with van der Waals surface area (Å²) in [5.41, 5.74) is 0. The minimum absolute atomic E-state index is 0.0625. The van der Waals surface area contributed by atoms with Gasteiger partial charge in [0, 0.05) is 6.42 Å². The first-order valence-electron chi connectivity index (χ1n) is 6.72. The second kappa shape index (κ2) is 7.50. The molecular formula is C14H24O5. The smallest absolute Gasteiger partial charge is 0.306 e. The molecule has 0 saturated carbocycles. The lowest BCUT2D eigenvalue weighted by molar-refractivity contribution is -0.144. The van der Waals surface area contributed by atoms with E-state index in [0.29, 0.717) is 32.7 Å². The van der Waals surface area contributed by atoms with Gasteiger partial charge in [-0.2, -0.15) is 0 Å². The molecule has 0 aromatic heterocycles. The lowest BCUT2D eigenvalue weighted by Crippen LogP contribution is -2.24. The van der Waals surface area contributed by atoms with Gasteiger partial charge in [0.2, 0.25) is 0 Å². The fourth-order valence-corrected chi connectivity index (χ4v) is 1.80. The van der Waals surface area contributed by atoms with Crippen molar-refractivity contribution in [2.75, 3.05) is 19.8 Å². The molecule has 0 bridgehead atoms. The lowest BCUT2D eigenvalue weighted by Gasteiger charge is -2.18. The first-order chi connectivity index (χ1) is 8.96. The summed E-state index contributed by atoms with van der Waals surface area (Å²) in [6.07, 6.45) is 2.68. The van der Waals surface area contributed by atoms with Crippen LogP contribution >= 0.6 is 0 Å². The summed E-state index contributed by atoms with van der Waals surface area (Å²) in [4.78, 5) is 11.3. The van der Waals surface area contributed by atoms with Crippen molar-refractivity contribution >= 4 is 5.97 Å². The highest BCUT2D eigenvalue weighted by Crippen LogP contribution is 2.23. The van der Waals surface area contributed by atoms with E-state index < -0.39 is 5.79 Å². The van der Waals surface area contributed by atoms with Crippen molar-refractivity contribution in [2.45, 2.75) is 52.4 Å². The Hall–Kier alpha value is -1.07. The molecule has 1 unspecified atom stereocenters. The highest BCUT2D eigenvalue weighted by atomic mass is 16.7. The fraction of sp³-hybridized carbons (Fsp3) is 0.786. The number of esters is 1. The molecule has 110 valence electrons. The van der Waals surface area contributed by atoms with Gasteiger partial charge in [0.05, 0.1) is 25.4 Å². The number of rotatable bonds is 7. The molecule has 1 atom stereocenters. The van der Waals surface area contributed by atoms with E-state index in [1.807, 2.05) is 26.8 Å². The van der Waals surface area contributed by atoms with Gasteiger partial charge in [-0.1, -0.05) is 0 Å². The first-order valence-corrected chi connectivity index (χ1v) is 6.72. The van der Waals surface area contributed by atoms with E-state index in [-0.39, 0.29) is 12.1 Å². The van der Waals surface area contributed by atoms with Gasteiger partial charge >= 0.3 is 5.97 Å². The van der Waals surface area contributed by atoms with Crippen LogP contribution in [0.4, 0.5) is 0 Å². The van der Waals surface area contributed by atoms with E-state index in [1.165, 1.54) is 0 Å². The molecular weight excluding hydrogens is 248 g/mol. The standard InChI is InChI=1S/C14H24O5/c1-5-11(7-8-13(15)16-6-2)17-9-12-10-18-14(3,4)19-12/h5,12H,6-10H2,1-4H3/b11-5-. The van der Waals surface area contributed by atoms with Crippen molar-refractivity contribution < 1.29 is 23.7 Å². The molecule has 0 aliphatic carbocycles.